The summed E-state index contributed by atoms with van der Waals surface area (Å²) in [5, 5.41) is 26.8. The maximum atomic E-state index is 14.7. The summed E-state index contributed by atoms with van der Waals surface area (Å²) in [6.45, 7) is 8.79. The molecule has 72 heavy (non-hydrogen) atoms. The average Bonchev–Trinajstić information content (AvgIpc) is 4.08. The van der Waals surface area contributed by atoms with Gasteiger partial charge in [-0.1, -0.05) is 61.8 Å². The number of oxazole rings is 1. The van der Waals surface area contributed by atoms with E-state index in [-0.39, 0.29) is 70.0 Å². The third kappa shape index (κ3) is 7.77. The van der Waals surface area contributed by atoms with Gasteiger partial charge in [-0.3, -0.25) is 24.6 Å². The second kappa shape index (κ2) is 17.3. The molecule has 11 rings (SSSR count). The van der Waals surface area contributed by atoms with Crippen molar-refractivity contribution in [3.05, 3.63) is 99.4 Å². The molecule has 4 atom stereocenters. The van der Waals surface area contributed by atoms with E-state index in [0.29, 0.717) is 63.9 Å². The number of hydrogen-bond acceptors (Lipinski definition) is 13. The van der Waals surface area contributed by atoms with Crippen LogP contribution in [0.1, 0.15) is 96.9 Å². The van der Waals surface area contributed by atoms with Gasteiger partial charge in [-0.15, -0.1) is 11.3 Å². The number of fused-ring (bicyclic) bond motifs is 3. The number of halogens is 1. The number of piperidine rings is 3. The molecular weight excluding hydrogens is 984 g/mol. The van der Waals surface area contributed by atoms with E-state index in [2.05, 4.69) is 35.4 Å². The minimum atomic E-state index is -3.86. The van der Waals surface area contributed by atoms with Gasteiger partial charge in [0.05, 0.1) is 16.3 Å². The van der Waals surface area contributed by atoms with Crippen molar-refractivity contribution >= 4 is 102 Å². The molecule has 3 amide bonds. The minimum absolute atomic E-state index is 0.00920. The van der Waals surface area contributed by atoms with Crippen LogP contribution in [-0.2, 0) is 30.2 Å². The summed E-state index contributed by atoms with van der Waals surface area (Å²) in [5.41, 5.74) is 4.27. The van der Waals surface area contributed by atoms with E-state index in [4.69, 9.17) is 30.8 Å². The van der Waals surface area contributed by atoms with E-state index >= 15 is 0 Å². The lowest BCUT2D eigenvalue weighted by atomic mass is 9.73. The lowest BCUT2D eigenvalue weighted by Crippen LogP contribution is -2.56. The molecule has 1 saturated carbocycles. The third-order valence-electron chi connectivity index (χ3n) is 15.5. The molecule has 374 valence electrons. The summed E-state index contributed by atoms with van der Waals surface area (Å²) in [7, 11) is -3.86. The van der Waals surface area contributed by atoms with Crippen LogP contribution in [0.5, 0.6) is 5.75 Å². The quantitative estimate of drug-likeness (QED) is 0.0796. The number of carboxylic acids is 2. The zero-order valence-electron chi connectivity index (χ0n) is 39.7. The maximum absolute atomic E-state index is 14.7. The van der Waals surface area contributed by atoms with Crippen LogP contribution in [-0.4, -0.2) is 101 Å². The van der Waals surface area contributed by atoms with Gasteiger partial charge in [-0.2, -0.15) is 9.29 Å². The molecular formula is C52H51ClN6O11S2. The molecule has 0 radical (unpaired) electrons. The Labute approximate surface area is 423 Å². The number of anilines is 3. The monoisotopic (exact) mass is 1030 g/mol. The minimum Gasteiger partial charge on any atom is -0.479 e. The standard InChI is InChI=1S/C52H51ClN6O11S2/c1-51(2)38-23-34(54-29-8-5-7-28(22-29)44-42(53)43(69-24-40(61)62)45(71-44)49(65)66)46(51)52(3,4)59(38)72(67,68)25-26-11-15-37-33(21-26)55-50(70-37)57-19-17-27(18-20-57)30-12-13-35-41-31(30)9-6-10-32(41)48(64)58(35)36-14-16-39(60)56-47(36)63/h5-13,15,21-22,27,34,36,38,46,54H,14,16-20,23-25H2,1-4H3,(H,61,62)(H,65,66)(H,56,60,63). The third-order valence-corrected chi connectivity index (χ3v) is 19.3. The number of amides is 3. The second-order valence-electron chi connectivity index (χ2n) is 20.6. The lowest BCUT2D eigenvalue weighted by Gasteiger charge is -2.44. The topological polar surface area (TPSA) is 229 Å². The predicted octanol–water partition coefficient (Wildman–Crippen LogP) is 8.49. The van der Waals surface area contributed by atoms with Gasteiger partial charge in [0, 0.05) is 59.7 Å². The number of sulfonamides is 1. The van der Waals surface area contributed by atoms with E-state index in [9.17, 15) is 37.5 Å². The van der Waals surface area contributed by atoms with Crippen LogP contribution in [0.3, 0.4) is 0 Å². The number of rotatable bonds is 13. The summed E-state index contributed by atoms with van der Waals surface area (Å²) in [5.74, 6) is -3.91. The molecule has 6 heterocycles. The van der Waals surface area contributed by atoms with Crippen molar-refractivity contribution < 1.29 is 51.8 Å². The molecule has 2 bridgehead atoms. The van der Waals surface area contributed by atoms with Crippen LogP contribution in [0.2, 0.25) is 5.02 Å². The van der Waals surface area contributed by atoms with Crippen molar-refractivity contribution in [2.24, 2.45) is 11.3 Å². The molecule has 6 aromatic rings. The van der Waals surface area contributed by atoms with E-state index in [1.54, 1.807) is 39.5 Å². The van der Waals surface area contributed by atoms with Crippen LogP contribution in [0, 0.1) is 11.3 Å². The number of aliphatic carboxylic acids is 1. The van der Waals surface area contributed by atoms with Crippen LogP contribution < -0.4 is 25.2 Å². The number of ether oxygens (including phenoxy) is 1. The van der Waals surface area contributed by atoms with Gasteiger partial charge in [-0.05, 0) is 109 Å². The molecule has 17 nitrogen and oxygen atoms in total. The normalized spacial score (nSPS) is 22.8. The van der Waals surface area contributed by atoms with Crippen LogP contribution in [0.15, 0.2) is 77.2 Å². The van der Waals surface area contributed by atoms with Gasteiger partial charge in [0.2, 0.25) is 21.8 Å². The molecule has 4 fully saturated rings. The van der Waals surface area contributed by atoms with Gasteiger partial charge in [-0.25, -0.2) is 18.0 Å². The van der Waals surface area contributed by atoms with E-state index in [1.165, 1.54) is 0 Å². The number of carbonyl (C=O) groups excluding carboxylic acids is 3. The Bertz CT molecular complexity index is 3420. The zero-order valence-corrected chi connectivity index (χ0v) is 42.1. The van der Waals surface area contributed by atoms with Gasteiger partial charge in [0.1, 0.15) is 16.6 Å². The number of nitrogens with one attached hydrogen (secondary N) is 2. The van der Waals surface area contributed by atoms with E-state index in [1.807, 2.05) is 50.2 Å². The molecule has 4 aliphatic heterocycles. The predicted molar refractivity (Wildman–Crippen MR) is 272 cm³/mol. The molecule has 3 saturated heterocycles. The summed E-state index contributed by atoms with van der Waals surface area (Å²) in [4.78, 5) is 70.4. The van der Waals surface area contributed by atoms with E-state index < -0.39 is 51.5 Å². The van der Waals surface area contributed by atoms with Crippen LogP contribution in [0.4, 0.5) is 17.4 Å². The average molecular weight is 1040 g/mol. The largest absolute Gasteiger partial charge is 0.479 e. The Morgan fingerprint density at radius 2 is 1.75 bits per heavy atom. The SMILES string of the molecule is CC1(C)C2CC(Nc3cccc(-c4sc(C(=O)O)c(OCC(=O)O)c4Cl)c3)C1C(C)(C)N2S(=O)(=O)Cc1ccc2oc(N3CCC(c4ccc5c6c(cccc46)C(=O)N5C4CCC(=O)NC4=O)CC3)nc2c1. The number of hydrogen-bond donors (Lipinski definition) is 4. The Balaban J connectivity index is 0.764. The first-order valence-electron chi connectivity index (χ1n) is 23.9. The fourth-order valence-electron chi connectivity index (χ4n) is 12.9. The van der Waals surface area contributed by atoms with Crippen molar-refractivity contribution in [3.63, 3.8) is 0 Å². The smallest absolute Gasteiger partial charge is 0.349 e. The summed E-state index contributed by atoms with van der Waals surface area (Å²) < 4.78 is 42.6. The molecule has 5 aliphatic rings. The molecule has 2 aromatic heterocycles. The van der Waals surface area contributed by atoms with Gasteiger partial charge >= 0.3 is 11.9 Å². The highest BCUT2D eigenvalue weighted by Gasteiger charge is 2.68. The summed E-state index contributed by atoms with van der Waals surface area (Å²) in [6, 6.07) is 21.7. The van der Waals surface area contributed by atoms with Crippen molar-refractivity contribution in [2.45, 2.75) is 95.1 Å². The zero-order chi connectivity index (χ0) is 50.8. The van der Waals surface area contributed by atoms with Crippen molar-refractivity contribution in [3.8, 4) is 16.2 Å². The number of thiophene rings is 1. The molecule has 4 unspecified atom stereocenters. The molecule has 4 aromatic carbocycles. The maximum Gasteiger partial charge on any atom is 0.349 e. The van der Waals surface area contributed by atoms with E-state index in [0.717, 1.165) is 46.2 Å². The first kappa shape index (κ1) is 47.8. The number of aromatic nitrogens is 1. The number of aromatic carboxylic acids is 1. The van der Waals surface area contributed by atoms with Crippen LogP contribution >= 0.6 is 22.9 Å². The fourth-order valence-corrected chi connectivity index (χ4v) is 16.6. The highest BCUT2D eigenvalue weighted by molar-refractivity contribution is 7.88. The first-order valence-corrected chi connectivity index (χ1v) is 26.7. The first-order chi connectivity index (χ1) is 34.2. The molecule has 20 heteroatoms. The highest BCUT2D eigenvalue weighted by Crippen LogP contribution is 2.61. The second-order valence-corrected chi connectivity index (χ2v) is 23.8. The van der Waals surface area contributed by atoms with Gasteiger partial charge in [0.15, 0.2) is 22.8 Å². The lowest BCUT2D eigenvalue weighted by molar-refractivity contribution is -0.139. The summed E-state index contributed by atoms with van der Waals surface area (Å²) >= 11 is 7.50. The summed E-state index contributed by atoms with van der Waals surface area (Å²) in [6.07, 6.45) is 2.59. The molecule has 4 N–H and O–H groups in total. The van der Waals surface area contributed by atoms with Gasteiger partial charge in [0.25, 0.3) is 11.9 Å². The molecule has 0 spiro atoms. The number of carboxylic acid groups (broad SMARTS) is 2. The van der Waals surface area contributed by atoms with Crippen LogP contribution in [0.25, 0.3) is 32.3 Å². The van der Waals surface area contributed by atoms with Crippen molar-refractivity contribution in [1.82, 2.24) is 14.6 Å². The fraction of sp³-hybridized carbons (Fsp3) is 0.385. The van der Waals surface area contributed by atoms with Crippen molar-refractivity contribution in [1.29, 1.82) is 0 Å². The Morgan fingerprint density at radius 1 is 0.986 bits per heavy atom. The number of imide groups is 1. The Kier molecular flexibility index (Phi) is 11.5. The highest BCUT2D eigenvalue weighted by atomic mass is 35.5. The molecule has 1 aliphatic carbocycles. The van der Waals surface area contributed by atoms with Gasteiger partial charge < -0.3 is 29.6 Å². The van der Waals surface area contributed by atoms with Crippen molar-refractivity contribution in [2.75, 3.05) is 34.8 Å². The number of carbonyl (C=O) groups is 5. The number of benzene rings is 4. The Hall–Kier alpha value is -6.54. The Morgan fingerprint density at radius 3 is 2.47 bits per heavy atom. The number of nitrogens with zero attached hydrogens (tertiary/aromatic N) is 4.